The molecule has 0 aromatic heterocycles. The molecular formula is C61H119NO3. The predicted octanol–water partition coefficient (Wildman–Crippen LogP) is 19.9. The van der Waals surface area contributed by atoms with Gasteiger partial charge in [-0.3, -0.25) is 4.79 Å². The average Bonchev–Trinajstić information content (AvgIpc) is 3.31. The van der Waals surface area contributed by atoms with Gasteiger partial charge in [-0.2, -0.15) is 0 Å². The smallest absolute Gasteiger partial charge is 0.220 e. The average molecular weight is 915 g/mol. The lowest BCUT2D eigenvalue weighted by Gasteiger charge is -2.22. The highest BCUT2D eigenvalue weighted by Gasteiger charge is 2.20. The fraction of sp³-hybridized carbons (Fsp3) is 0.918. The predicted molar refractivity (Wildman–Crippen MR) is 290 cm³/mol. The Morgan fingerprint density at radius 3 is 0.923 bits per heavy atom. The van der Waals surface area contributed by atoms with Crippen LogP contribution in [0.4, 0.5) is 0 Å². The lowest BCUT2D eigenvalue weighted by Crippen LogP contribution is -2.45. The maximum absolute atomic E-state index is 12.5. The molecule has 0 saturated heterocycles. The van der Waals surface area contributed by atoms with E-state index < -0.39 is 12.1 Å². The van der Waals surface area contributed by atoms with Crippen molar-refractivity contribution in [3.63, 3.8) is 0 Å². The number of hydrogen-bond acceptors (Lipinski definition) is 3. The largest absolute Gasteiger partial charge is 0.394 e. The maximum Gasteiger partial charge on any atom is 0.220 e. The van der Waals surface area contributed by atoms with E-state index in [1.54, 1.807) is 0 Å². The molecule has 4 heteroatoms. The van der Waals surface area contributed by atoms with Crippen LogP contribution in [0.25, 0.3) is 0 Å². The van der Waals surface area contributed by atoms with E-state index >= 15 is 0 Å². The molecule has 0 radical (unpaired) electrons. The highest BCUT2D eigenvalue weighted by molar-refractivity contribution is 5.76. The lowest BCUT2D eigenvalue weighted by atomic mass is 10.0. The van der Waals surface area contributed by atoms with Gasteiger partial charge in [-0.1, -0.05) is 314 Å². The van der Waals surface area contributed by atoms with Gasteiger partial charge in [0.25, 0.3) is 0 Å². The third-order valence-electron chi connectivity index (χ3n) is 14.2. The first-order chi connectivity index (χ1) is 32.2. The van der Waals surface area contributed by atoms with Crippen LogP contribution in [0.1, 0.15) is 341 Å². The molecule has 0 spiro atoms. The molecule has 3 N–H and O–H groups in total. The molecule has 0 aliphatic carbocycles. The van der Waals surface area contributed by atoms with E-state index in [0.717, 1.165) is 32.1 Å². The summed E-state index contributed by atoms with van der Waals surface area (Å²) in [6.45, 7) is 4.39. The summed E-state index contributed by atoms with van der Waals surface area (Å²) in [5.41, 5.74) is 0. The first-order valence-electron chi connectivity index (χ1n) is 30.0. The van der Waals surface area contributed by atoms with Gasteiger partial charge in [0.05, 0.1) is 18.8 Å². The van der Waals surface area contributed by atoms with Crippen molar-refractivity contribution >= 4 is 5.91 Å². The second-order valence-electron chi connectivity index (χ2n) is 20.8. The van der Waals surface area contributed by atoms with Crippen LogP contribution in [0, 0.1) is 0 Å². The second-order valence-corrected chi connectivity index (χ2v) is 20.8. The number of aliphatic hydroxyl groups is 2. The van der Waals surface area contributed by atoms with Gasteiger partial charge in [0, 0.05) is 6.42 Å². The van der Waals surface area contributed by atoms with Crippen molar-refractivity contribution in [3.05, 3.63) is 24.3 Å². The van der Waals surface area contributed by atoms with Gasteiger partial charge >= 0.3 is 0 Å². The van der Waals surface area contributed by atoms with Gasteiger partial charge in [0.1, 0.15) is 0 Å². The van der Waals surface area contributed by atoms with E-state index in [0.29, 0.717) is 12.8 Å². The number of carbonyl (C=O) groups is 1. The molecule has 2 unspecified atom stereocenters. The van der Waals surface area contributed by atoms with E-state index in [4.69, 9.17) is 0 Å². The molecule has 65 heavy (non-hydrogen) atoms. The summed E-state index contributed by atoms with van der Waals surface area (Å²) in [6.07, 6.45) is 76.1. The Labute approximate surface area is 409 Å². The molecule has 0 heterocycles. The Kier molecular flexibility index (Phi) is 56.2. The van der Waals surface area contributed by atoms with Crippen LogP contribution in [-0.4, -0.2) is 34.9 Å². The van der Waals surface area contributed by atoms with Crippen molar-refractivity contribution in [2.45, 2.75) is 353 Å². The highest BCUT2D eigenvalue weighted by Crippen LogP contribution is 2.18. The molecule has 0 bridgehead atoms. The van der Waals surface area contributed by atoms with Crippen molar-refractivity contribution in [2.24, 2.45) is 0 Å². The summed E-state index contributed by atoms with van der Waals surface area (Å²) >= 11 is 0. The minimum absolute atomic E-state index is 0.0238. The van der Waals surface area contributed by atoms with Crippen molar-refractivity contribution in [1.29, 1.82) is 0 Å². The minimum atomic E-state index is -0.657. The number of carbonyl (C=O) groups excluding carboxylic acids is 1. The van der Waals surface area contributed by atoms with Crippen LogP contribution in [0.3, 0.4) is 0 Å². The summed E-state index contributed by atoms with van der Waals surface area (Å²) in [4.78, 5) is 12.5. The zero-order valence-corrected chi connectivity index (χ0v) is 44.5. The van der Waals surface area contributed by atoms with E-state index in [9.17, 15) is 15.0 Å². The van der Waals surface area contributed by atoms with Crippen molar-refractivity contribution in [2.75, 3.05) is 6.61 Å². The molecule has 0 aromatic carbocycles. The summed E-state index contributed by atoms with van der Waals surface area (Å²) in [5.74, 6) is -0.0238. The number of nitrogens with one attached hydrogen (secondary N) is 1. The molecule has 0 aliphatic heterocycles. The number of allylic oxidation sites excluding steroid dienone is 4. The van der Waals surface area contributed by atoms with Gasteiger partial charge in [-0.15, -0.1) is 0 Å². The number of rotatable bonds is 56. The van der Waals surface area contributed by atoms with Crippen LogP contribution in [0.2, 0.25) is 0 Å². The van der Waals surface area contributed by atoms with Crippen LogP contribution in [0.5, 0.6) is 0 Å². The molecule has 0 saturated carbocycles. The van der Waals surface area contributed by atoms with Crippen LogP contribution < -0.4 is 5.32 Å². The lowest BCUT2D eigenvalue weighted by molar-refractivity contribution is -0.123. The fourth-order valence-corrected chi connectivity index (χ4v) is 9.63. The summed E-state index contributed by atoms with van der Waals surface area (Å²) in [5, 5.41) is 23.4. The Morgan fingerprint density at radius 1 is 0.369 bits per heavy atom. The topological polar surface area (TPSA) is 69.6 Å². The third-order valence-corrected chi connectivity index (χ3v) is 14.2. The molecule has 2 atom stereocenters. The van der Waals surface area contributed by atoms with Gasteiger partial charge in [-0.05, 0) is 44.9 Å². The van der Waals surface area contributed by atoms with Crippen molar-refractivity contribution < 1.29 is 15.0 Å². The normalized spacial score (nSPS) is 12.9. The third kappa shape index (κ3) is 53.7. The Hall–Kier alpha value is -1.13. The molecule has 1 amide bonds. The van der Waals surface area contributed by atoms with Crippen molar-refractivity contribution in [1.82, 2.24) is 5.32 Å². The van der Waals surface area contributed by atoms with E-state index in [1.807, 2.05) is 0 Å². The van der Waals surface area contributed by atoms with Crippen molar-refractivity contribution in [3.8, 4) is 0 Å². The number of amides is 1. The summed E-state index contributed by atoms with van der Waals surface area (Å²) in [6, 6.07) is -0.534. The molecule has 0 aromatic rings. The zero-order chi connectivity index (χ0) is 47.0. The zero-order valence-electron chi connectivity index (χ0n) is 44.5. The highest BCUT2D eigenvalue weighted by atomic mass is 16.3. The minimum Gasteiger partial charge on any atom is -0.394 e. The first-order valence-corrected chi connectivity index (χ1v) is 30.0. The van der Waals surface area contributed by atoms with E-state index in [-0.39, 0.29) is 12.5 Å². The molecular weight excluding hydrogens is 795 g/mol. The second kappa shape index (κ2) is 57.2. The van der Waals surface area contributed by atoms with Crippen LogP contribution in [0.15, 0.2) is 24.3 Å². The Bertz CT molecular complexity index is 947. The summed E-state index contributed by atoms with van der Waals surface area (Å²) in [7, 11) is 0. The van der Waals surface area contributed by atoms with Crippen LogP contribution >= 0.6 is 0 Å². The van der Waals surface area contributed by atoms with Gasteiger partial charge in [0.15, 0.2) is 0 Å². The quantitative estimate of drug-likeness (QED) is 0.0421. The number of aliphatic hydroxyl groups excluding tert-OH is 2. The first kappa shape index (κ1) is 63.9. The van der Waals surface area contributed by atoms with Gasteiger partial charge in [0.2, 0.25) is 5.91 Å². The number of unbranched alkanes of at least 4 members (excludes halogenated alkanes) is 45. The number of hydrogen-bond donors (Lipinski definition) is 3. The summed E-state index contributed by atoms with van der Waals surface area (Å²) < 4.78 is 0. The fourth-order valence-electron chi connectivity index (χ4n) is 9.63. The maximum atomic E-state index is 12.5. The van der Waals surface area contributed by atoms with Gasteiger partial charge in [-0.25, -0.2) is 0 Å². The molecule has 386 valence electrons. The molecule has 0 rings (SSSR count). The Balaban J connectivity index is 3.40. The van der Waals surface area contributed by atoms with E-state index in [1.165, 1.54) is 283 Å². The molecule has 0 fully saturated rings. The van der Waals surface area contributed by atoms with Gasteiger partial charge < -0.3 is 15.5 Å². The Morgan fingerprint density at radius 2 is 0.631 bits per heavy atom. The molecule has 4 nitrogen and oxygen atoms in total. The SMILES string of the molecule is CCCCCCC/C=C\C/C=C\CCCCCCCCCCCCCCCCCCCCCCCC(=O)NC(CO)C(O)CCCCCCCCCCCCCCCCCCCCCC. The van der Waals surface area contributed by atoms with Crippen LogP contribution in [-0.2, 0) is 4.79 Å². The van der Waals surface area contributed by atoms with E-state index in [2.05, 4.69) is 43.5 Å². The molecule has 0 aliphatic rings. The standard InChI is InChI=1S/C61H119NO3/c1-3-5-7-9-11-13-15-17-19-21-23-25-26-27-28-29-30-31-32-33-34-35-36-37-39-41-43-45-47-49-51-53-55-57-61(65)62-59(58-63)60(64)56-54-52-50-48-46-44-42-40-38-24-22-20-18-16-14-12-10-8-6-4-2/h15,17,21,23,59-60,63-64H,3-14,16,18-20,22,24-58H2,1-2H3,(H,62,65)/b17-15-,23-21-. The monoisotopic (exact) mass is 914 g/mol.